The van der Waals surface area contributed by atoms with Crippen LogP contribution in [-0.4, -0.2) is 86.8 Å². The lowest BCUT2D eigenvalue weighted by atomic mass is 10.1. The minimum Gasteiger partial charge on any atom is -0.497 e. The van der Waals surface area contributed by atoms with Gasteiger partial charge in [0.2, 0.25) is 0 Å². The Morgan fingerprint density at radius 3 is 1.85 bits per heavy atom. The van der Waals surface area contributed by atoms with Crippen LogP contribution in [0, 0.1) is 0 Å². The zero-order valence-corrected chi connectivity index (χ0v) is 24.4. The first kappa shape index (κ1) is 41.1. The Labute approximate surface area is 264 Å². The van der Waals surface area contributed by atoms with Crippen molar-refractivity contribution in [3.05, 3.63) is 77.4 Å². The Morgan fingerprint density at radius 2 is 1.42 bits per heavy atom. The van der Waals surface area contributed by atoms with Gasteiger partial charge in [0.05, 0.1) is 31.6 Å². The molecule has 266 valence electrons. The predicted molar refractivity (Wildman–Crippen MR) is 144 cm³/mol. The van der Waals surface area contributed by atoms with Crippen molar-refractivity contribution < 1.29 is 78.7 Å². The molecule has 1 aliphatic rings. The van der Waals surface area contributed by atoms with Crippen LogP contribution in [0.5, 0.6) is 5.75 Å². The van der Waals surface area contributed by atoms with Crippen molar-refractivity contribution in [2.24, 2.45) is 0 Å². The summed E-state index contributed by atoms with van der Waals surface area (Å²) in [5.74, 6) is -7.40. The van der Waals surface area contributed by atoms with E-state index in [0.29, 0.717) is 6.54 Å². The van der Waals surface area contributed by atoms with Gasteiger partial charge in [-0.1, -0.05) is 18.2 Å². The summed E-state index contributed by atoms with van der Waals surface area (Å²) in [5.41, 5.74) is 4.54. The van der Waals surface area contributed by atoms with Crippen LogP contribution in [0.25, 0.3) is 0 Å². The average Bonchev–Trinajstić information content (AvgIpc) is 3.41. The number of aromatic nitrogens is 3. The summed E-state index contributed by atoms with van der Waals surface area (Å²) in [6.07, 6.45) is -10.4. The highest BCUT2D eigenvalue weighted by Gasteiger charge is 2.39. The van der Waals surface area contributed by atoms with E-state index in [4.69, 9.17) is 44.3 Å². The van der Waals surface area contributed by atoms with Crippen molar-refractivity contribution in [3.63, 3.8) is 0 Å². The molecule has 1 aromatic carbocycles. The van der Waals surface area contributed by atoms with Gasteiger partial charge in [0.25, 0.3) is 0 Å². The third-order valence-electron chi connectivity index (χ3n) is 5.46. The molecule has 0 amide bonds. The van der Waals surface area contributed by atoms with E-state index >= 15 is 0 Å². The van der Waals surface area contributed by atoms with Gasteiger partial charge in [0.1, 0.15) is 11.9 Å². The molecule has 1 aliphatic heterocycles. The molecule has 0 aliphatic carbocycles. The first-order valence-electron chi connectivity index (χ1n) is 13.0. The molecule has 4 rings (SSSR count). The van der Waals surface area contributed by atoms with Crippen LogP contribution in [0.2, 0.25) is 0 Å². The maximum Gasteiger partial charge on any atom is 0.490 e. The molecule has 1 unspecified atom stereocenters. The van der Waals surface area contributed by atoms with Crippen LogP contribution in [0.15, 0.2) is 54.9 Å². The van der Waals surface area contributed by atoms with E-state index in [1.54, 1.807) is 7.11 Å². The monoisotopic (exact) mass is 706 g/mol. The van der Waals surface area contributed by atoms with Crippen LogP contribution in [0.4, 0.5) is 39.5 Å². The third kappa shape index (κ3) is 15.6. The highest BCUT2D eigenvalue weighted by molar-refractivity contribution is 5.73. The van der Waals surface area contributed by atoms with Crippen LogP contribution in [-0.2, 0) is 38.6 Å². The summed E-state index contributed by atoms with van der Waals surface area (Å²) in [5, 5.41) is 29.6. The molecular formula is C27H27F9N4O8. The normalized spacial score (nSPS) is 14.0. The molecule has 0 saturated carbocycles. The van der Waals surface area contributed by atoms with E-state index in [9.17, 15) is 39.5 Å². The molecule has 3 heterocycles. The van der Waals surface area contributed by atoms with E-state index in [1.807, 2.05) is 41.2 Å². The molecule has 3 aromatic rings. The Morgan fingerprint density at radius 1 is 0.896 bits per heavy atom. The van der Waals surface area contributed by atoms with Gasteiger partial charge in [-0.05, 0) is 41.8 Å². The Hall–Kier alpha value is -4.92. The molecule has 12 nitrogen and oxygen atoms in total. The number of alkyl halides is 9. The van der Waals surface area contributed by atoms with Crippen molar-refractivity contribution in [1.29, 1.82) is 0 Å². The van der Waals surface area contributed by atoms with Crippen LogP contribution in [0.3, 0.4) is 0 Å². The molecule has 2 aromatic heterocycles. The highest BCUT2D eigenvalue weighted by atomic mass is 19.4. The van der Waals surface area contributed by atoms with Gasteiger partial charge in [0, 0.05) is 25.5 Å². The molecule has 1 atom stereocenters. The first-order valence-corrected chi connectivity index (χ1v) is 13.0. The molecule has 21 heteroatoms. The molecule has 0 spiro atoms. The number of fused-ring (bicyclic) bond motifs is 1. The smallest absolute Gasteiger partial charge is 0.490 e. The number of carbonyl (C=O) groups is 3. The summed E-state index contributed by atoms with van der Waals surface area (Å²) in [7, 11) is 1.68. The number of hydrogen-bond donors (Lipinski definition) is 4. The van der Waals surface area contributed by atoms with Gasteiger partial charge < -0.3 is 30.1 Å². The van der Waals surface area contributed by atoms with Gasteiger partial charge >= 0.3 is 36.4 Å². The second-order valence-electron chi connectivity index (χ2n) is 9.06. The number of carboxylic acid groups (broad SMARTS) is 3. The molecule has 0 radical (unpaired) electrons. The van der Waals surface area contributed by atoms with Crippen molar-refractivity contribution >= 4 is 17.9 Å². The van der Waals surface area contributed by atoms with Crippen molar-refractivity contribution in [2.45, 2.75) is 44.1 Å². The van der Waals surface area contributed by atoms with Crippen LogP contribution in [0.1, 0.15) is 28.6 Å². The SMILES string of the molecule is COc1ccc(CNCC2OCCc3cn(Cc4ccccn4)nc32)cc1.O=C(O)C(F)(F)F.O=C(O)C(F)(F)F.O=C(O)C(F)(F)F. The van der Waals surface area contributed by atoms with Gasteiger partial charge in [-0.15, -0.1) is 0 Å². The second-order valence-corrected chi connectivity index (χ2v) is 9.06. The maximum absolute atomic E-state index is 10.6. The molecule has 48 heavy (non-hydrogen) atoms. The zero-order valence-electron chi connectivity index (χ0n) is 24.4. The molecular weight excluding hydrogens is 679 g/mol. The lowest BCUT2D eigenvalue weighted by Gasteiger charge is -2.22. The third-order valence-corrected chi connectivity index (χ3v) is 5.46. The standard InChI is InChI=1S/C21H24N4O2.3C2HF3O2/c1-26-19-7-5-16(6-8-19)12-22-13-20-21-17(9-11-27-20)14-25(24-21)15-18-4-2-3-10-23-18;3*3-2(4,5)1(6)7/h2-8,10,14,20,22H,9,11-13,15H2,1H3;3*(H,6,7). The topological polar surface area (TPSA) is 173 Å². The Bertz CT molecular complexity index is 1390. The summed E-state index contributed by atoms with van der Waals surface area (Å²) in [6.45, 7) is 2.93. The summed E-state index contributed by atoms with van der Waals surface area (Å²) < 4.78 is 108. The summed E-state index contributed by atoms with van der Waals surface area (Å²) in [4.78, 5) is 31.1. The average molecular weight is 707 g/mol. The number of hydrogen-bond acceptors (Lipinski definition) is 8. The second kappa shape index (κ2) is 18.4. The first-order chi connectivity index (χ1) is 22.1. The molecule has 4 N–H and O–H groups in total. The predicted octanol–water partition coefficient (Wildman–Crippen LogP) is 4.64. The number of ether oxygens (including phenoxy) is 2. The van der Waals surface area contributed by atoms with Gasteiger partial charge in [0.15, 0.2) is 0 Å². The largest absolute Gasteiger partial charge is 0.497 e. The number of pyridine rings is 1. The number of carboxylic acids is 3. The molecule has 0 fully saturated rings. The number of nitrogens with zero attached hydrogens (tertiary/aromatic N) is 3. The zero-order chi connectivity index (χ0) is 36.7. The van der Waals surface area contributed by atoms with Gasteiger partial charge in [-0.3, -0.25) is 9.67 Å². The van der Waals surface area contributed by atoms with Crippen LogP contribution < -0.4 is 10.1 Å². The quantitative estimate of drug-likeness (QED) is 0.252. The Balaban J connectivity index is 0.000000448. The van der Waals surface area contributed by atoms with Crippen molar-refractivity contribution in [2.75, 3.05) is 20.3 Å². The highest BCUT2D eigenvalue weighted by Crippen LogP contribution is 2.25. The maximum atomic E-state index is 10.6. The van der Waals surface area contributed by atoms with Gasteiger partial charge in [-0.25, -0.2) is 14.4 Å². The Kier molecular flexibility index (Phi) is 15.8. The number of aliphatic carboxylic acids is 3. The van der Waals surface area contributed by atoms with Crippen molar-refractivity contribution in [3.8, 4) is 5.75 Å². The van der Waals surface area contributed by atoms with Gasteiger partial charge in [-0.2, -0.15) is 44.6 Å². The van der Waals surface area contributed by atoms with E-state index in [-0.39, 0.29) is 6.10 Å². The number of methoxy groups -OCH3 is 1. The van der Waals surface area contributed by atoms with Crippen molar-refractivity contribution in [1.82, 2.24) is 20.1 Å². The number of benzene rings is 1. The fourth-order valence-corrected chi connectivity index (χ4v) is 3.32. The van der Waals surface area contributed by atoms with E-state index in [0.717, 1.165) is 43.3 Å². The van der Waals surface area contributed by atoms with E-state index in [2.05, 4.69) is 28.6 Å². The minimum atomic E-state index is -5.08. The lowest BCUT2D eigenvalue weighted by Crippen LogP contribution is -2.27. The van der Waals surface area contributed by atoms with E-state index in [1.165, 1.54) is 11.1 Å². The summed E-state index contributed by atoms with van der Waals surface area (Å²) in [6, 6.07) is 14.0. The van der Waals surface area contributed by atoms with E-state index < -0.39 is 36.4 Å². The minimum absolute atomic E-state index is 0.0167. The summed E-state index contributed by atoms with van der Waals surface area (Å²) >= 11 is 0. The number of nitrogens with one attached hydrogen (secondary N) is 1. The van der Waals surface area contributed by atoms with Crippen LogP contribution >= 0.6 is 0 Å². The number of halogens is 9. The fraction of sp³-hybridized carbons (Fsp3) is 0.370. The number of rotatable bonds is 7. The fourth-order valence-electron chi connectivity index (χ4n) is 3.32. The molecule has 0 bridgehead atoms. The molecule has 0 saturated heterocycles. The lowest BCUT2D eigenvalue weighted by molar-refractivity contribution is -0.193.